The fraction of sp³-hybridized carbons (Fsp3) is 0.387. The molecule has 208 valence electrons. The van der Waals surface area contributed by atoms with E-state index in [-0.39, 0.29) is 11.8 Å². The topological polar surface area (TPSA) is 41.6 Å². The summed E-state index contributed by atoms with van der Waals surface area (Å²) in [6.07, 6.45) is 3.86. The Balaban J connectivity index is 0.000000212. The summed E-state index contributed by atoms with van der Waals surface area (Å²) < 4.78 is 5.50. The molecule has 0 bridgehead atoms. The quantitative estimate of drug-likeness (QED) is 0.316. The molecule has 0 saturated carbocycles. The van der Waals surface area contributed by atoms with Crippen LogP contribution in [0.1, 0.15) is 60.3 Å². The molecule has 0 radical (unpaired) electrons. The van der Waals surface area contributed by atoms with E-state index >= 15 is 0 Å². The number of amides is 1. The van der Waals surface area contributed by atoms with Crippen molar-refractivity contribution in [3.63, 3.8) is 0 Å². The summed E-state index contributed by atoms with van der Waals surface area (Å²) >= 11 is 24.2. The Morgan fingerprint density at radius 1 is 0.846 bits per heavy atom. The summed E-state index contributed by atoms with van der Waals surface area (Å²) in [5, 5.41) is 6.11. The van der Waals surface area contributed by atoms with Crippen LogP contribution < -0.4 is 5.32 Å². The molecule has 2 heterocycles. The number of hydrogen-bond donors (Lipinski definition) is 1. The van der Waals surface area contributed by atoms with Gasteiger partial charge in [0.25, 0.3) is 5.91 Å². The van der Waals surface area contributed by atoms with Crippen LogP contribution in [0.4, 0.5) is 0 Å². The van der Waals surface area contributed by atoms with Gasteiger partial charge < -0.3 is 15.0 Å². The molecule has 1 N–H and O–H groups in total. The molecule has 8 heteroatoms. The maximum absolute atomic E-state index is 13.0. The van der Waals surface area contributed by atoms with Crippen LogP contribution in [0, 0.1) is 0 Å². The number of ether oxygens (including phenoxy) is 1. The molecule has 5 rings (SSSR count). The average molecular weight is 608 g/mol. The van der Waals surface area contributed by atoms with Crippen molar-refractivity contribution in [2.75, 3.05) is 33.3 Å². The van der Waals surface area contributed by atoms with Crippen LogP contribution >= 0.6 is 46.4 Å². The fourth-order valence-electron chi connectivity index (χ4n) is 5.38. The Kier molecular flexibility index (Phi) is 11.4. The highest BCUT2D eigenvalue weighted by molar-refractivity contribution is 6.35. The number of halogens is 4. The maximum Gasteiger partial charge on any atom is 0.256 e. The fourth-order valence-corrected chi connectivity index (χ4v) is 6.47. The Morgan fingerprint density at radius 3 is 1.95 bits per heavy atom. The SMILES string of the molecule is CO[C@@H](C(=O)N1CCCC(c2cc(Cl)cc(Cl)c2)C1)c1ccccc1.Clc1cc(Cl)cc(C2CCCNC2)c1. The van der Waals surface area contributed by atoms with Crippen molar-refractivity contribution in [2.45, 2.75) is 43.6 Å². The largest absolute Gasteiger partial charge is 0.367 e. The number of rotatable bonds is 5. The molecule has 2 aliphatic rings. The normalized spacial score (nSPS) is 20.1. The van der Waals surface area contributed by atoms with E-state index < -0.39 is 6.10 Å². The van der Waals surface area contributed by atoms with Gasteiger partial charge in [0, 0.05) is 52.8 Å². The van der Waals surface area contributed by atoms with Gasteiger partial charge in [-0.05, 0) is 91.2 Å². The van der Waals surface area contributed by atoms with Gasteiger partial charge in [-0.25, -0.2) is 0 Å². The molecule has 2 unspecified atom stereocenters. The highest BCUT2D eigenvalue weighted by atomic mass is 35.5. The Bertz CT molecular complexity index is 1190. The molecule has 0 aromatic heterocycles. The van der Waals surface area contributed by atoms with Crippen LogP contribution in [0.25, 0.3) is 0 Å². The van der Waals surface area contributed by atoms with Crippen molar-refractivity contribution < 1.29 is 9.53 Å². The van der Waals surface area contributed by atoms with Crippen molar-refractivity contribution in [2.24, 2.45) is 0 Å². The molecule has 0 aliphatic carbocycles. The Hall–Kier alpha value is -1.79. The first kappa shape index (κ1) is 30.2. The first-order chi connectivity index (χ1) is 18.8. The second kappa shape index (κ2) is 14.7. The van der Waals surface area contributed by atoms with Gasteiger partial charge in [0.1, 0.15) is 0 Å². The second-order valence-corrected chi connectivity index (χ2v) is 11.8. The number of carbonyl (C=O) groups is 1. The van der Waals surface area contributed by atoms with Crippen LogP contribution in [0.3, 0.4) is 0 Å². The highest BCUT2D eigenvalue weighted by Crippen LogP contribution is 2.33. The minimum Gasteiger partial charge on any atom is -0.367 e. The van der Waals surface area contributed by atoms with E-state index in [0.29, 0.717) is 22.5 Å². The van der Waals surface area contributed by atoms with E-state index in [2.05, 4.69) is 5.32 Å². The summed E-state index contributed by atoms with van der Waals surface area (Å²) in [6, 6.07) is 21.0. The molecule has 3 aromatic carbocycles. The molecule has 1 amide bonds. The highest BCUT2D eigenvalue weighted by Gasteiger charge is 2.30. The number of methoxy groups -OCH3 is 1. The molecule has 3 atom stereocenters. The van der Waals surface area contributed by atoms with Crippen LogP contribution in [-0.2, 0) is 9.53 Å². The molecular formula is C31H34Cl4N2O2. The van der Waals surface area contributed by atoms with Gasteiger partial charge in [-0.3, -0.25) is 4.79 Å². The number of hydrogen-bond acceptors (Lipinski definition) is 3. The summed E-state index contributed by atoms with van der Waals surface area (Å²) in [7, 11) is 1.58. The van der Waals surface area contributed by atoms with E-state index in [9.17, 15) is 4.79 Å². The molecule has 0 spiro atoms. The van der Waals surface area contributed by atoms with Gasteiger partial charge in [0.2, 0.25) is 0 Å². The third kappa shape index (κ3) is 8.60. The van der Waals surface area contributed by atoms with Crippen molar-refractivity contribution >= 4 is 52.3 Å². The van der Waals surface area contributed by atoms with Gasteiger partial charge in [-0.2, -0.15) is 0 Å². The maximum atomic E-state index is 13.0. The van der Waals surface area contributed by atoms with Gasteiger partial charge in [0.15, 0.2) is 6.10 Å². The van der Waals surface area contributed by atoms with Crippen molar-refractivity contribution in [1.29, 1.82) is 0 Å². The van der Waals surface area contributed by atoms with Crippen molar-refractivity contribution in [3.05, 3.63) is 104 Å². The number of nitrogens with zero attached hydrogens (tertiary/aromatic N) is 1. The molecule has 4 nitrogen and oxygen atoms in total. The van der Waals surface area contributed by atoms with Crippen LogP contribution in [0.2, 0.25) is 20.1 Å². The lowest BCUT2D eigenvalue weighted by Crippen LogP contribution is -2.42. The number of nitrogens with one attached hydrogen (secondary N) is 1. The van der Waals surface area contributed by atoms with E-state index in [4.69, 9.17) is 51.1 Å². The average Bonchev–Trinajstić information content (AvgIpc) is 2.94. The second-order valence-electron chi connectivity index (χ2n) is 10.1. The minimum atomic E-state index is -0.567. The standard InChI is InChI=1S/C20H21Cl2NO2.C11H13Cl2N/c1-25-19(14-6-3-2-4-7-14)20(24)23-9-5-8-15(13-23)16-10-17(21)12-18(22)11-16;12-10-4-9(5-11(13)6-10)8-2-1-3-14-7-8/h2-4,6-7,10-12,15,19H,5,8-9,13H2,1H3;4-6,8,14H,1-3,7H2/t15?,19-;/m1./s1. The van der Waals surface area contributed by atoms with E-state index in [1.807, 2.05) is 59.5 Å². The van der Waals surface area contributed by atoms with Crippen molar-refractivity contribution in [3.8, 4) is 0 Å². The predicted octanol–water partition coefficient (Wildman–Crippen LogP) is 8.55. The van der Waals surface area contributed by atoms with E-state index in [1.165, 1.54) is 18.4 Å². The summed E-state index contributed by atoms with van der Waals surface area (Å²) in [5.74, 6) is 0.814. The molecule has 2 fully saturated rings. The number of benzene rings is 3. The zero-order chi connectivity index (χ0) is 27.8. The minimum absolute atomic E-state index is 0.00604. The monoisotopic (exact) mass is 606 g/mol. The van der Waals surface area contributed by atoms with E-state index in [0.717, 1.165) is 53.6 Å². The zero-order valence-corrected chi connectivity index (χ0v) is 25.0. The summed E-state index contributed by atoms with van der Waals surface area (Å²) in [5.41, 5.74) is 3.22. The third-order valence-electron chi connectivity index (χ3n) is 7.30. The molecule has 2 aliphatic heterocycles. The lowest BCUT2D eigenvalue weighted by Gasteiger charge is -2.35. The smallest absolute Gasteiger partial charge is 0.256 e. The third-order valence-corrected chi connectivity index (χ3v) is 8.18. The zero-order valence-electron chi connectivity index (χ0n) is 22.0. The first-order valence-electron chi connectivity index (χ1n) is 13.3. The van der Waals surface area contributed by atoms with Gasteiger partial charge in [-0.15, -0.1) is 0 Å². The lowest BCUT2D eigenvalue weighted by molar-refractivity contribution is -0.143. The van der Waals surface area contributed by atoms with Crippen LogP contribution in [0.5, 0.6) is 0 Å². The molecular weight excluding hydrogens is 574 g/mol. The number of likely N-dealkylation sites (tertiary alicyclic amines) is 1. The lowest BCUT2D eigenvalue weighted by atomic mass is 9.90. The first-order valence-corrected chi connectivity index (χ1v) is 14.8. The van der Waals surface area contributed by atoms with Gasteiger partial charge in [-0.1, -0.05) is 76.7 Å². The van der Waals surface area contributed by atoms with Gasteiger partial charge in [0.05, 0.1) is 0 Å². The number of piperidine rings is 2. The van der Waals surface area contributed by atoms with Gasteiger partial charge >= 0.3 is 0 Å². The van der Waals surface area contributed by atoms with Crippen LogP contribution in [-0.4, -0.2) is 44.1 Å². The Morgan fingerprint density at radius 2 is 1.41 bits per heavy atom. The predicted molar refractivity (Wildman–Crippen MR) is 163 cm³/mol. The molecule has 2 saturated heterocycles. The van der Waals surface area contributed by atoms with Crippen molar-refractivity contribution in [1.82, 2.24) is 10.2 Å². The summed E-state index contributed by atoms with van der Waals surface area (Å²) in [4.78, 5) is 14.9. The van der Waals surface area contributed by atoms with Crippen LogP contribution in [0.15, 0.2) is 66.7 Å². The van der Waals surface area contributed by atoms with E-state index in [1.54, 1.807) is 19.2 Å². The Labute approximate surface area is 251 Å². The summed E-state index contributed by atoms with van der Waals surface area (Å²) in [6.45, 7) is 3.57. The molecule has 39 heavy (non-hydrogen) atoms. The molecule has 3 aromatic rings. The number of carbonyl (C=O) groups excluding carboxylic acids is 1.